The Balaban J connectivity index is 2.14. The van der Waals surface area contributed by atoms with Gasteiger partial charge in [0.2, 0.25) is 5.91 Å². The normalized spacial score (nSPS) is 13.5. The molecule has 2 rings (SSSR count). The first-order valence-corrected chi connectivity index (χ1v) is 7.45. The highest BCUT2D eigenvalue weighted by molar-refractivity contribution is 5.93. The quantitative estimate of drug-likeness (QED) is 0.900. The van der Waals surface area contributed by atoms with Crippen molar-refractivity contribution in [3.05, 3.63) is 64.7 Å². The molecule has 1 atom stereocenters. The maximum absolute atomic E-state index is 12.3. The van der Waals surface area contributed by atoms with Crippen molar-refractivity contribution in [1.82, 2.24) is 0 Å². The van der Waals surface area contributed by atoms with Crippen molar-refractivity contribution in [2.24, 2.45) is 0 Å². The van der Waals surface area contributed by atoms with Crippen LogP contribution in [0.5, 0.6) is 0 Å². The lowest BCUT2D eigenvalue weighted by Crippen LogP contribution is -2.28. The molecule has 116 valence electrons. The fraction of sp³-hybridized carbons (Fsp3) is 0.316. The molecule has 0 fully saturated rings. The highest BCUT2D eigenvalue weighted by atomic mass is 16.3. The molecule has 0 saturated carbocycles. The van der Waals surface area contributed by atoms with E-state index in [-0.39, 0.29) is 12.3 Å². The second kappa shape index (κ2) is 6.32. The van der Waals surface area contributed by atoms with E-state index in [1.807, 2.05) is 63.2 Å². The van der Waals surface area contributed by atoms with E-state index in [4.69, 9.17) is 0 Å². The predicted octanol–water partition coefficient (Wildman–Crippen LogP) is 3.85. The molecule has 2 N–H and O–H groups in total. The van der Waals surface area contributed by atoms with E-state index < -0.39 is 5.60 Å². The summed E-state index contributed by atoms with van der Waals surface area (Å²) >= 11 is 0. The van der Waals surface area contributed by atoms with Gasteiger partial charge >= 0.3 is 0 Å². The molecule has 3 nitrogen and oxygen atoms in total. The summed E-state index contributed by atoms with van der Waals surface area (Å²) in [6, 6.07) is 13.3. The number of amides is 1. The minimum atomic E-state index is -1.18. The Hall–Kier alpha value is -2.13. The van der Waals surface area contributed by atoms with Crippen LogP contribution in [0.1, 0.15) is 35.6 Å². The van der Waals surface area contributed by atoms with Gasteiger partial charge in [-0.05, 0) is 44.4 Å². The number of carbonyl (C=O) groups excluding carboxylic acids is 1. The van der Waals surface area contributed by atoms with Crippen LogP contribution in [0.15, 0.2) is 42.5 Å². The topological polar surface area (TPSA) is 49.3 Å². The summed E-state index contributed by atoms with van der Waals surface area (Å²) in [6.45, 7) is 7.65. The molecule has 0 aliphatic heterocycles. The van der Waals surface area contributed by atoms with Crippen molar-refractivity contribution in [2.45, 2.75) is 39.7 Å². The fourth-order valence-electron chi connectivity index (χ4n) is 2.77. The van der Waals surface area contributed by atoms with Crippen molar-refractivity contribution >= 4 is 11.6 Å². The molecule has 0 heterocycles. The van der Waals surface area contributed by atoms with Crippen LogP contribution < -0.4 is 5.32 Å². The van der Waals surface area contributed by atoms with Gasteiger partial charge in [0.05, 0.1) is 12.0 Å². The van der Waals surface area contributed by atoms with Crippen molar-refractivity contribution in [3.8, 4) is 0 Å². The molecule has 2 aromatic carbocycles. The van der Waals surface area contributed by atoms with Crippen molar-refractivity contribution in [2.75, 3.05) is 5.32 Å². The Morgan fingerprint density at radius 1 is 1.09 bits per heavy atom. The second-order valence-corrected chi connectivity index (χ2v) is 6.14. The SMILES string of the molecule is Cc1cc(C)c(NC(=O)CC(C)(O)c2ccccc2)c(C)c1. The molecule has 2 aromatic rings. The molecule has 1 amide bonds. The van der Waals surface area contributed by atoms with Crippen LogP contribution in [0.3, 0.4) is 0 Å². The van der Waals surface area contributed by atoms with Gasteiger partial charge in [0.1, 0.15) is 0 Å². The Morgan fingerprint density at radius 2 is 1.64 bits per heavy atom. The van der Waals surface area contributed by atoms with Crippen molar-refractivity contribution in [3.63, 3.8) is 0 Å². The van der Waals surface area contributed by atoms with Gasteiger partial charge in [-0.2, -0.15) is 0 Å². The van der Waals surface area contributed by atoms with Crippen LogP contribution in [0.25, 0.3) is 0 Å². The van der Waals surface area contributed by atoms with Crippen molar-refractivity contribution < 1.29 is 9.90 Å². The number of benzene rings is 2. The standard InChI is InChI=1S/C19H23NO2/c1-13-10-14(2)18(15(3)11-13)20-17(21)12-19(4,22)16-8-6-5-7-9-16/h5-11,22H,12H2,1-4H3,(H,20,21). The van der Waals surface area contributed by atoms with Gasteiger partial charge in [0.25, 0.3) is 0 Å². The number of anilines is 1. The summed E-state index contributed by atoms with van der Waals surface area (Å²) in [5, 5.41) is 13.5. The van der Waals surface area contributed by atoms with Gasteiger partial charge in [-0.1, -0.05) is 48.0 Å². The van der Waals surface area contributed by atoms with Crippen LogP contribution in [0, 0.1) is 20.8 Å². The van der Waals surface area contributed by atoms with Crippen molar-refractivity contribution in [1.29, 1.82) is 0 Å². The van der Waals surface area contributed by atoms with E-state index in [9.17, 15) is 9.90 Å². The molecule has 0 aromatic heterocycles. The summed E-state index contributed by atoms with van der Waals surface area (Å²) in [5.74, 6) is -0.191. The smallest absolute Gasteiger partial charge is 0.227 e. The minimum Gasteiger partial charge on any atom is -0.385 e. The average Bonchev–Trinajstić information content (AvgIpc) is 2.43. The molecule has 0 spiro atoms. The summed E-state index contributed by atoms with van der Waals surface area (Å²) in [6.07, 6.45) is 0.0176. The van der Waals surface area contributed by atoms with E-state index in [1.165, 1.54) is 5.56 Å². The van der Waals surface area contributed by atoms with E-state index >= 15 is 0 Å². The zero-order valence-corrected chi connectivity index (χ0v) is 13.6. The van der Waals surface area contributed by atoms with E-state index in [2.05, 4.69) is 5.32 Å². The first kappa shape index (κ1) is 16.2. The summed E-state index contributed by atoms with van der Waals surface area (Å²) in [5.41, 5.74) is 3.62. The second-order valence-electron chi connectivity index (χ2n) is 6.14. The Bertz CT molecular complexity index is 652. The highest BCUT2D eigenvalue weighted by Crippen LogP contribution is 2.26. The maximum Gasteiger partial charge on any atom is 0.227 e. The van der Waals surface area contributed by atoms with Gasteiger partial charge in [0, 0.05) is 5.69 Å². The molecule has 0 aliphatic carbocycles. The molecular weight excluding hydrogens is 274 g/mol. The van der Waals surface area contributed by atoms with Gasteiger partial charge in [0.15, 0.2) is 0 Å². The Labute approximate surface area is 132 Å². The zero-order valence-electron chi connectivity index (χ0n) is 13.6. The predicted molar refractivity (Wildman–Crippen MR) is 89.9 cm³/mol. The van der Waals surface area contributed by atoms with E-state index in [1.54, 1.807) is 6.92 Å². The molecule has 22 heavy (non-hydrogen) atoms. The van der Waals surface area contributed by atoms with Gasteiger partial charge in [-0.15, -0.1) is 0 Å². The summed E-state index contributed by atoms with van der Waals surface area (Å²) < 4.78 is 0. The largest absolute Gasteiger partial charge is 0.385 e. The zero-order chi connectivity index (χ0) is 16.3. The lowest BCUT2D eigenvalue weighted by molar-refractivity contribution is -0.120. The number of carbonyl (C=O) groups is 1. The Morgan fingerprint density at radius 3 is 2.18 bits per heavy atom. The summed E-state index contributed by atoms with van der Waals surface area (Å²) in [7, 11) is 0. The molecule has 0 saturated heterocycles. The maximum atomic E-state index is 12.3. The molecule has 0 bridgehead atoms. The number of nitrogens with one attached hydrogen (secondary N) is 1. The monoisotopic (exact) mass is 297 g/mol. The van der Waals surface area contributed by atoms with Gasteiger partial charge in [-0.25, -0.2) is 0 Å². The minimum absolute atomic E-state index is 0.0176. The number of aliphatic hydroxyl groups is 1. The molecule has 0 aliphatic rings. The first-order chi connectivity index (χ1) is 10.3. The van der Waals surface area contributed by atoms with Crippen LogP contribution in [0.2, 0.25) is 0 Å². The molecule has 1 unspecified atom stereocenters. The lowest BCUT2D eigenvalue weighted by Gasteiger charge is -2.24. The highest BCUT2D eigenvalue weighted by Gasteiger charge is 2.26. The molecule has 3 heteroatoms. The van der Waals surface area contributed by atoms with Crippen LogP contribution in [-0.4, -0.2) is 11.0 Å². The van der Waals surface area contributed by atoms with Crippen LogP contribution in [0.4, 0.5) is 5.69 Å². The third kappa shape index (κ3) is 3.74. The third-order valence-corrected chi connectivity index (χ3v) is 3.84. The number of hydrogen-bond donors (Lipinski definition) is 2. The van der Waals surface area contributed by atoms with Gasteiger partial charge < -0.3 is 10.4 Å². The van der Waals surface area contributed by atoms with Crippen LogP contribution >= 0.6 is 0 Å². The molecule has 0 radical (unpaired) electrons. The fourth-order valence-corrected chi connectivity index (χ4v) is 2.77. The number of rotatable bonds is 4. The van der Waals surface area contributed by atoms with Gasteiger partial charge in [-0.3, -0.25) is 4.79 Å². The first-order valence-electron chi connectivity index (χ1n) is 7.45. The lowest BCUT2D eigenvalue weighted by atomic mass is 9.92. The molecular formula is C19H23NO2. The van der Waals surface area contributed by atoms with E-state index in [0.29, 0.717) is 0 Å². The Kier molecular flexibility index (Phi) is 4.67. The third-order valence-electron chi connectivity index (χ3n) is 3.84. The average molecular weight is 297 g/mol. The summed E-state index contributed by atoms with van der Waals surface area (Å²) in [4.78, 5) is 12.3. The van der Waals surface area contributed by atoms with E-state index in [0.717, 1.165) is 22.4 Å². The number of aryl methyl sites for hydroxylation is 3. The number of hydrogen-bond acceptors (Lipinski definition) is 2. The van der Waals surface area contributed by atoms with Crippen LogP contribution in [-0.2, 0) is 10.4 Å².